The van der Waals surface area contributed by atoms with E-state index in [0.29, 0.717) is 23.6 Å². The Hall–Kier alpha value is -1.49. The molecule has 0 radical (unpaired) electrons. The van der Waals surface area contributed by atoms with E-state index in [1.54, 1.807) is 16.8 Å². The number of carbonyl (C=O) groups excluding carboxylic acids is 1. The minimum absolute atomic E-state index is 0.0329. The second kappa shape index (κ2) is 6.10. The van der Waals surface area contributed by atoms with Crippen molar-refractivity contribution in [3.8, 4) is 0 Å². The Morgan fingerprint density at radius 2 is 2.05 bits per heavy atom. The summed E-state index contributed by atoms with van der Waals surface area (Å²) >= 11 is 5.99. The summed E-state index contributed by atoms with van der Waals surface area (Å²) in [6.45, 7) is 3.94. The van der Waals surface area contributed by atoms with Gasteiger partial charge in [-0.15, -0.1) is 0 Å². The van der Waals surface area contributed by atoms with Crippen molar-refractivity contribution in [3.05, 3.63) is 23.0 Å². The van der Waals surface area contributed by atoms with Gasteiger partial charge in [-0.1, -0.05) is 24.4 Å². The molecule has 1 heterocycles. The molecule has 1 amide bonds. The Balaban J connectivity index is 2.22. The zero-order chi connectivity index (χ0) is 15.6. The van der Waals surface area contributed by atoms with E-state index in [9.17, 15) is 9.59 Å². The Morgan fingerprint density at radius 3 is 2.57 bits per heavy atom. The number of carboxylic acid groups (broad SMARTS) is 1. The summed E-state index contributed by atoms with van der Waals surface area (Å²) in [4.78, 5) is 23.6. The number of rotatable bonds is 5. The van der Waals surface area contributed by atoms with Gasteiger partial charge in [0.25, 0.3) is 5.91 Å². The van der Waals surface area contributed by atoms with Gasteiger partial charge in [-0.05, 0) is 32.8 Å². The molecule has 1 aromatic heterocycles. The lowest BCUT2D eigenvalue weighted by molar-refractivity contribution is -0.138. The van der Waals surface area contributed by atoms with Crippen molar-refractivity contribution in [2.24, 2.45) is 0 Å². The summed E-state index contributed by atoms with van der Waals surface area (Å²) < 4.78 is 1.81. The SMILES string of the molecule is CC(C)n1cc(Cl)cc1C(=O)NC1(CC(=O)O)CCCC1. The van der Waals surface area contributed by atoms with Crippen LogP contribution < -0.4 is 5.32 Å². The molecule has 0 spiro atoms. The van der Waals surface area contributed by atoms with Crippen LogP contribution in [0.5, 0.6) is 0 Å². The molecule has 116 valence electrons. The number of carboxylic acids is 1. The van der Waals surface area contributed by atoms with Gasteiger partial charge in [-0.25, -0.2) is 0 Å². The Labute approximate surface area is 129 Å². The van der Waals surface area contributed by atoms with E-state index in [4.69, 9.17) is 16.7 Å². The average molecular weight is 313 g/mol. The third-order valence-corrected chi connectivity index (χ3v) is 4.24. The lowest BCUT2D eigenvalue weighted by atomic mass is 9.93. The summed E-state index contributed by atoms with van der Waals surface area (Å²) in [6.07, 6.45) is 5.00. The summed E-state index contributed by atoms with van der Waals surface area (Å²) in [5.41, 5.74) is -0.145. The second-order valence-corrected chi connectivity index (χ2v) is 6.49. The molecule has 0 bridgehead atoms. The minimum Gasteiger partial charge on any atom is -0.481 e. The molecule has 1 saturated carbocycles. The normalized spacial score (nSPS) is 17.1. The van der Waals surface area contributed by atoms with Crippen LogP contribution in [0.2, 0.25) is 5.02 Å². The monoisotopic (exact) mass is 312 g/mol. The third-order valence-electron chi connectivity index (χ3n) is 4.03. The zero-order valence-electron chi connectivity index (χ0n) is 12.4. The number of hydrogen-bond acceptors (Lipinski definition) is 2. The van der Waals surface area contributed by atoms with E-state index in [1.165, 1.54) is 0 Å². The molecule has 0 atom stereocenters. The zero-order valence-corrected chi connectivity index (χ0v) is 13.1. The van der Waals surface area contributed by atoms with Gasteiger partial charge in [0.15, 0.2) is 0 Å². The van der Waals surface area contributed by atoms with Crippen molar-refractivity contribution >= 4 is 23.5 Å². The van der Waals surface area contributed by atoms with Gasteiger partial charge in [0, 0.05) is 12.2 Å². The van der Waals surface area contributed by atoms with Crippen LogP contribution in [-0.4, -0.2) is 27.1 Å². The molecule has 21 heavy (non-hydrogen) atoms. The standard InChI is InChI=1S/C15H21ClN2O3/c1-10(2)18-9-11(16)7-12(18)14(21)17-15(8-13(19)20)5-3-4-6-15/h7,9-10H,3-6,8H2,1-2H3,(H,17,21)(H,19,20). The fourth-order valence-corrected chi connectivity index (χ4v) is 3.26. The third kappa shape index (κ3) is 3.59. The van der Waals surface area contributed by atoms with Crippen molar-refractivity contribution in [3.63, 3.8) is 0 Å². The van der Waals surface area contributed by atoms with E-state index >= 15 is 0 Å². The molecule has 1 fully saturated rings. The molecular weight excluding hydrogens is 292 g/mol. The molecule has 1 aromatic rings. The quantitative estimate of drug-likeness (QED) is 0.876. The van der Waals surface area contributed by atoms with Crippen molar-refractivity contribution < 1.29 is 14.7 Å². The first kappa shape index (κ1) is 15.9. The van der Waals surface area contributed by atoms with Gasteiger partial charge in [-0.3, -0.25) is 9.59 Å². The Bertz CT molecular complexity index is 545. The van der Waals surface area contributed by atoms with E-state index in [0.717, 1.165) is 12.8 Å². The minimum atomic E-state index is -0.880. The van der Waals surface area contributed by atoms with Gasteiger partial charge >= 0.3 is 5.97 Å². The predicted molar refractivity (Wildman–Crippen MR) is 80.7 cm³/mol. The van der Waals surface area contributed by atoms with E-state index in [-0.39, 0.29) is 18.4 Å². The molecule has 0 unspecified atom stereocenters. The maximum Gasteiger partial charge on any atom is 0.305 e. The van der Waals surface area contributed by atoms with Crippen LogP contribution in [0.4, 0.5) is 0 Å². The summed E-state index contributed by atoms with van der Waals surface area (Å²) in [7, 11) is 0. The van der Waals surface area contributed by atoms with E-state index in [1.807, 2.05) is 13.8 Å². The van der Waals surface area contributed by atoms with Crippen LogP contribution >= 0.6 is 11.6 Å². The second-order valence-electron chi connectivity index (χ2n) is 6.06. The summed E-state index contributed by atoms with van der Waals surface area (Å²) in [5, 5.41) is 12.5. The predicted octanol–water partition coefficient (Wildman–Crippen LogP) is 3.24. The fourth-order valence-electron chi connectivity index (χ4n) is 3.05. The largest absolute Gasteiger partial charge is 0.481 e. The van der Waals surface area contributed by atoms with Crippen LogP contribution in [0, 0.1) is 0 Å². The van der Waals surface area contributed by atoms with Crippen LogP contribution in [0.3, 0.4) is 0 Å². The van der Waals surface area contributed by atoms with Crippen LogP contribution in [0.1, 0.15) is 62.5 Å². The highest BCUT2D eigenvalue weighted by Gasteiger charge is 2.38. The number of nitrogens with zero attached hydrogens (tertiary/aromatic N) is 1. The number of hydrogen-bond donors (Lipinski definition) is 2. The molecule has 1 aliphatic carbocycles. The first-order chi connectivity index (χ1) is 9.83. The summed E-state index contributed by atoms with van der Waals surface area (Å²) in [6, 6.07) is 1.73. The Kier molecular flexibility index (Phi) is 4.61. The van der Waals surface area contributed by atoms with E-state index in [2.05, 4.69) is 5.32 Å². The van der Waals surface area contributed by atoms with Crippen molar-refractivity contribution in [1.82, 2.24) is 9.88 Å². The number of halogens is 1. The van der Waals surface area contributed by atoms with Gasteiger partial charge in [0.1, 0.15) is 5.69 Å². The maximum absolute atomic E-state index is 12.5. The van der Waals surface area contributed by atoms with Gasteiger partial charge in [-0.2, -0.15) is 0 Å². The molecule has 2 N–H and O–H groups in total. The highest BCUT2D eigenvalue weighted by Crippen LogP contribution is 2.33. The summed E-state index contributed by atoms with van der Waals surface area (Å²) in [5.74, 6) is -1.13. The molecule has 1 aliphatic rings. The van der Waals surface area contributed by atoms with Crippen molar-refractivity contribution in [2.75, 3.05) is 0 Å². The number of aliphatic carboxylic acids is 1. The first-order valence-corrected chi connectivity index (χ1v) is 7.62. The van der Waals surface area contributed by atoms with Crippen LogP contribution in [0.15, 0.2) is 12.3 Å². The van der Waals surface area contributed by atoms with Gasteiger partial charge < -0.3 is 15.0 Å². The molecule has 6 heteroatoms. The van der Waals surface area contributed by atoms with Gasteiger partial charge in [0.2, 0.25) is 0 Å². The smallest absolute Gasteiger partial charge is 0.305 e. The molecule has 0 aromatic carbocycles. The number of aromatic nitrogens is 1. The number of amides is 1. The molecule has 2 rings (SSSR count). The Morgan fingerprint density at radius 1 is 1.43 bits per heavy atom. The lowest BCUT2D eigenvalue weighted by Crippen LogP contribution is -2.48. The average Bonchev–Trinajstić information content (AvgIpc) is 2.95. The molecule has 0 saturated heterocycles. The first-order valence-electron chi connectivity index (χ1n) is 7.25. The molecular formula is C15H21ClN2O3. The van der Waals surface area contributed by atoms with Crippen LogP contribution in [0.25, 0.3) is 0 Å². The number of nitrogens with one attached hydrogen (secondary N) is 1. The van der Waals surface area contributed by atoms with E-state index < -0.39 is 11.5 Å². The highest BCUT2D eigenvalue weighted by atomic mass is 35.5. The lowest BCUT2D eigenvalue weighted by Gasteiger charge is -2.29. The fraction of sp³-hybridized carbons (Fsp3) is 0.600. The topological polar surface area (TPSA) is 71.3 Å². The van der Waals surface area contributed by atoms with Crippen LogP contribution in [-0.2, 0) is 4.79 Å². The maximum atomic E-state index is 12.5. The number of carbonyl (C=O) groups is 2. The van der Waals surface area contributed by atoms with Gasteiger partial charge in [0.05, 0.1) is 17.0 Å². The molecule has 0 aliphatic heterocycles. The highest BCUT2D eigenvalue weighted by molar-refractivity contribution is 6.31. The molecule has 5 nitrogen and oxygen atoms in total. The van der Waals surface area contributed by atoms with Crippen molar-refractivity contribution in [2.45, 2.75) is 57.5 Å². The van der Waals surface area contributed by atoms with Crippen molar-refractivity contribution in [1.29, 1.82) is 0 Å².